The fraction of sp³-hybridized carbons (Fsp3) is 0.769. The van der Waals surface area contributed by atoms with Gasteiger partial charge < -0.3 is 15.0 Å². The molecule has 1 saturated heterocycles. The van der Waals surface area contributed by atoms with Crippen LogP contribution < -0.4 is 10.2 Å². The highest BCUT2D eigenvalue weighted by atomic mass is 32.1. The van der Waals surface area contributed by atoms with Gasteiger partial charge in [-0.2, -0.15) is 4.37 Å². The van der Waals surface area contributed by atoms with Crippen LogP contribution in [-0.2, 0) is 16.1 Å². The quantitative estimate of drug-likeness (QED) is 0.910. The van der Waals surface area contributed by atoms with Gasteiger partial charge in [-0.05, 0) is 27.2 Å². The number of amides is 1. The average Bonchev–Trinajstić information content (AvgIpc) is 2.94. The zero-order valence-corrected chi connectivity index (χ0v) is 13.3. The predicted octanol–water partition coefficient (Wildman–Crippen LogP) is 1.43. The van der Waals surface area contributed by atoms with Crippen molar-refractivity contribution < 1.29 is 9.53 Å². The Morgan fingerprint density at radius 3 is 2.95 bits per heavy atom. The van der Waals surface area contributed by atoms with Crippen LogP contribution >= 0.6 is 11.5 Å². The van der Waals surface area contributed by atoms with E-state index in [0.717, 1.165) is 18.1 Å². The smallest absolute Gasteiger partial charge is 0.225 e. The van der Waals surface area contributed by atoms with Crippen LogP contribution in [0.15, 0.2) is 0 Å². The molecule has 2 rings (SSSR count). The van der Waals surface area contributed by atoms with Crippen molar-refractivity contribution in [3.8, 4) is 0 Å². The molecule has 1 unspecified atom stereocenters. The number of methoxy groups -OCH3 is 1. The number of nitrogens with one attached hydrogen (secondary N) is 1. The SMILES string of the molecule is COCc1nsc(N2CCC(C(=O)NC(C)(C)C)C2)n1. The predicted molar refractivity (Wildman–Crippen MR) is 78.8 cm³/mol. The summed E-state index contributed by atoms with van der Waals surface area (Å²) in [4.78, 5) is 18.7. The molecule has 0 saturated carbocycles. The second kappa shape index (κ2) is 6.05. The molecule has 6 nitrogen and oxygen atoms in total. The van der Waals surface area contributed by atoms with Crippen molar-refractivity contribution in [1.82, 2.24) is 14.7 Å². The summed E-state index contributed by atoms with van der Waals surface area (Å²) in [6.45, 7) is 7.99. The number of anilines is 1. The highest BCUT2D eigenvalue weighted by molar-refractivity contribution is 7.09. The number of aromatic nitrogens is 2. The Balaban J connectivity index is 1.92. The molecule has 1 amide bonds. The summed E-state index contributed by atoms with van der Waals surface area (Å²) in [5.41, 5.74) is -0.182. The molecule has 1 aromatic rings. The lowest BCUT2D eigenvalue weighted by Crippen LogP contribution is -2.44. The van der Waals surface area contributed by atoms with Gasteiger partial charge >= 0.3 is 0 Å². The van der Waals surface area contributed by atoms with Gasteiger partial charge in [0.25, 0.3) is 0 Å². The van der Waals surface area contributed by atoms with Crippen molar-refractivity contribution in [1.29, 1.82) is 0 Å². The minimum atomic E-state index is -0.182. The summed E-state index contributed by atoms with van der Waals surface area (Å²) >= 11 is 1.37. The van der Waals surface area contributed by atoms with E-state index in [4.69, 9.17) is 4.74 Å². The van der Waals surface area contributed by atoms with Crippen molar-refractivity contribution in [2.45, 2.75) is 39.3 Å². The fourth-order valence-corrected chi connectivity index (χ4v) is 2.89. The number of ether oxygens (including phenoxy) is 1. The molecular weight excluding hydrogens is 276 g/mol. The van der Waals surface area contributed by atoms with E-state index in [2.05, 4.69) is 19.6 Å². The van der Waals surface area contributed by atoms with Gasteiger partial charge in [0.1, 0.15) is 6.61 Å². The standard InChI is InChI=1S/C13H22N4O2S/c1-13(2,3)15-11(18)9-5-6-17(7-9)12-14-10(8-19-4)16-20-12/h9H,5-8H2,1-4H3,(H,15,18). The molecule has 0 aromatic carbocycles. The monoisotopic (exact) mass is 298 g/mol. The largest absolute Gasteiger partial charge is 0.377 e. The number of carbonyl (C=O) groups is 1. The minimum Gasteiger partial charge on any atom is -0.377 e. The van der Waals surface area contributed by atoms with E-state index in [1.54, 1.807) is 7.11 Å². The minimum absolute atomic E-state index is 0.0315. The fourth-order valence-electron chi connectivity index (χ4n) is 2.18. The summed E-state index contributed by atoms with van der Waals surface area (Å²) in [5, 5.41) is 3.92. The van der Waals surface area contributed by atoms with Crippen LogP contribution in [0.3, 0.4) is 0 Å². The summed E-state index contributed by atoms with van der Waals surface area (Å²) in [7, 11) is 1.63. The van der Waals surface area contributed by atoms with Crippen LogP contribution in [0.4, 0.5) is 5.13 Å². The first kappa shape index (κ1) is 15.2. The van der Waals surface area contributed by atoms with E-state index in [0.29, 0.717) is 19.0 Å². The molecule has 1 N–H and O–H groups in total. The van der Waals surface area contributed by atoms with Crippen molar-refractivity contribution >= 4 is 22.6 Å². The lowest BCUT2D eigenvalue weighted by atomic mass is 10.0. The van der Waals surface area contributed by atoms with E-state index in [-0.39, 0.29) is 17.4 Å². The third-order valence-corrected chi connectivity index (χ3v) is 3.87. The molecule has 112 valence electrons. The summed E-state index contributed by atoms with van der Waals surface area (Å²) < 4.78 is 9.26. The third-order valence-electron chi connectivity index (χ3n) is 3.06. The van der Waals surface area contributed by atoms with Crippen LogP contribution in [-0.4, -0.2) is 41.0 Å². The first-order valence-electron chi connectivity index (χ1n) is 6.77. The molecule has 20 heavy (non-hydrogen) atoms. The Kier molecular flexibility index (Phi) is 4.59. The van der Waals surface area contributed by atoms with Crippen LogP contribution in [0.5, 0.6) is 0 Å². The summed E-state index contributed by atoms with van der Waals surface area (Å²) in [5.74, 6) is 0.862. The van der Waals surface area contributed by atoms with Crippen molar-refractivity contribution in [2.75, 3.05) is 25.1 Å². The Labute approximate surface area is 123 Å². The number of rotatable bonds is 4. The molecule has 1 aliphatic heterocycles. The Morgan fingerprint density at radius 1 is 1.55 bits per heavy atom. The van der Waals surface area contributed by atoms with Gasteiger partial charge in [0.2, 0.25) is 11.0 Å². The maximum absolute atomic E-state index is 12.2. The van der Waals surface area contributed by atoms with Crippen LogP contribution in [0.25, 0.3) is 0 Å². The Bertz CT molecular complexity index is 469. The molecule has 2 heterocycles. The first-order chi connectivity index (χ1) is 9.39. The van der Waals surface area contributed by atoms with E-state index >= 15 is 0 Å². The van der Waals surface area contributed by atoms with Gasteiger partial charge in [0, 0.05) is 37.3 Å². The number of carbonyl (C=O) groups excluding carboxylic acids is 1. The molecule has 1 aromatic heterocycles. The second-order valence-electron chi connectivity index (χ2n) is 6.10. The molecule has 0 radical (unpaired) electrons. The summed E-state index contributed by atoms with van der Waals surface area (Å²) in [6.07, 6.45) is 0.862. The topological polar surface area (TPSA) is 67.3 Å². The molecular formula is C13H22N4O2S. The number of hydrogen-bond acceptors (Lipinski definition) is 6. The molecule has 7 heteroatoms. The lowest BCUT2D eigenvalue weighted by molar-refractivity contribution is -0.125. The Hall–Kier alpha value is -1.21. The van der Waals surface area contributed by atoms with Gasteiger partial charge in [0.15, 0.2) is 5.82 Å². The first-order valence-corrected chi connectivity index (χ1v) is 7.55. The molecule has 1 atom stereocenters. The molecule has 0 aliphatic carbocycles. The van der Waals surface area contributed by atoms with Crippen LogP contribution in [0.1, 0.15) is 33.0 Å². The summed E-state index contributed by atoms with van der Waals surface area (Å²) in [6, 6.07) is 0. The average molecular weight is 298 g/mol. The van der Waals surface area contributed by atoms with Crippen molar-refractivity contribution in [3.05, 3.63) is 5.82 Å². The molecule has 0 spiro atoms. The zero-order chi connectivity index (χ0) is 14.8. The molecule has 1 aliphatic rings. The van der Waals surface area contributed by atoms with Crippen LogP contribution in [0.2, 0.25) is 0 Å². The third kappa shape index (κ3) is 3.89. The highest BCUT2D eigenvalue weighted by Crippen LogP contribution is 2.26. The number of nitrogens with zero attached hydrogens (tertiary/aromatic N) is 3. The van der Waals surface area contributed by atoms with Crippen LogP contribution in [0, 0.1) is 5.92 Å². The van der Waals surface area contributed by atoms with E-state index in [1.165, 1.54) is 11.5 Å². The van der Waals surface area contributed by atoms with Gasteiger partial charge in [-0.25, -0.2) is 4.98 Å². The molecule has 1 fully saturated rings. The second-order valence-corrected chi connectivity index (χ2v) is 6.83. The zero-order valence-electron chi connectivity index (χ0n) is 12.5. The maximum Gasteiger partial charge on any atom is 0.225 e. The normalized spacial score (nSPS) is 19.4. The van der Waals surface area contributed by atoms with Gasteiger partial charge in [-0.3, -0.25) is 4.79 Å². The number of hydrogen-bond donors (Lipinski definition) is 1. The van der Waals surface area contributed by atoms with Gasteiger partial charge in [-0.15, -0.1) is 0 Å². The molecule has 0 bridgehead atoms. The van der Waals surface area contributed by atoms with E-state index < -0.39 is 0 Å². The van der Waals surface area contributed by atoms with Gasteiger partial charge in [0.05, 0.1) is 5.92 Å². The van der Waals surface area contributed by atoms with E-state index in [1.807, 2.05) is 20.8 Å². The lowest BCUT2D eigenvalue weighted by Gasteiger charge is -2.23. The van der Waals surface area contributed by atoms with E-state index in [9.17, 15) is 4.79 Å². The Morgan fingerprint density at radius 2 is 2.30 bits per heavy atom. The highest BCUT2D eigenvalue weighted by Gasteiger charge is 2.31. The maximum atomic E-state index is 12.2. The van der Waals surface area contributed by atoms with Crippen molar-refractivity contribution in [3.63, 3.8) is 0 Å². The van der Waals surface area contributed by atoms with Gasteiger partial charge in [-0.1, -0.05) is 0 Å². The van der Waals surface area contributed by atoms with Crippen molar-refractivity contribution in [2.24, 2.45) is 5.92 Å².